The number of nitrogens with two attached hydrogens (primary N) is 1. The first kappa shape index (κ1) is 15.0. The molecule has 0 saturated heterocycles. The van der Waals surface area contributed by atoms with Crippen LogP contribution < -0.4 is 21.3 Å². The van der Waals surface area contributed by atoms with Gasteiger partial charge >= 0.3 is 6.01 Å². The number of hydrogen-bond acceptors (Lipinski definition) is 7. The topological polar surface area (TPSA) is 98.0 Å². The first-order chi connectivity index (χ1) is 9.97. The lowest BCUT2D eigenvalue weighted by molar-refractivity contribution is 0.222. The van der Waals surface area contributed by atoms with Crippen LogP contribution in [0.3, 0.4) is 0 Å². The third kappa shape index (κ3) is 4.03. The third-order valence-electron chi connectivity index (χ3n) is 2.72. The molecule has 0 amide bonds. The average Bonchev–Trinajstić information content (AvgIpc) is 2.42. The summed E-state index contributed by atoms with van der Waals surface area (Å²) in [6.07, 6.45) is -0.0356. The van der Waals surface area contributed by atoms with Gasteiger partial charge in [0.15, 0.2) is 0 Å². The van der Waals surface area contributed by atoms with Crippen LogP contribution in [0, 0.1) is 13.8 Å². The van der Waals surface area contributed by atoms with Gasteiger partial charge in [-0.2, -0.15) is 15.0 Å². The fourth-order valence-corrected chi connectivity index (χ4v) is 1.73. The van der Waals surface area contributed by atoms with E-state index in [1.165, 1.54) is 0 Å². The lowest BCUT2D eigenvalue weighted by Crippen LogP contribution is -2.15. The van der Waals surface area contributed by atoms with E-state index >= 15 is 0 Å². The Labute approximate surface area is 123 Å². The first-order valence-electron chi connectivity index (χ1n) is 6.71. The Morgan fingerprint density at radius 3 is 2.48 bits per heavy atom. The molecule has 2 aromatic rings. The van der Waals surface area contributed by atoms with Crippen molar-refractivity contribution in [3.05, 3.63) is 29.3 Å². The number of nitrogens with zero attached hydrogens (tertiary/aromatic N) is 3. The van der Waals surface area contributed by atoms with Crippen molar-refractivity contribution >= 4 is 17.6 Å². The Hall–Kier alpha value is -2.41. The van der Waals surface area contributed by atoms with Gasteiger partial charge in [0.1, 0.15) is 0 Å². The van der Waals surface area contributed by atoms with Gasteiger partial charge in [0.25, 0.3) is 0 Å². The molecule has 2 rings (SSSR count). The van der Waals surface area contributed by atoms with Gasteiger partial charge < -0.3 is 10.1 Å². The molecule has 1 heterocycles. The highest BCUT2D eigenvalue weighted by Crippen LogP contribution is 2.21. The van der Waals surface area contributed by atoms with Crippen LogP contribution in [-0.4, -0.2) is 21.1 Å². The maximum Gasteiger partial charge on any atom is 0.323 e. The number of benzene rings is 1. The van der Waals surface area contributed by atoms with E-state index in [1.54, 1.807) is 0 Å². The van der Waals surface area contributed by atoms with E-state index < -0.39 is 0 Å². The normalized spacial score (nSPS) is 10.6. The number of aromatic nitrogens is 3. The summed E-state index contributed by atoms with van der Waals surface area (Å²) >= 11 is 0. The number of nitrogens with one attached hydrogen (secondary N) is 2. The van der Waals surface area contributed by atoms with Crippen molar-refractivity contribution < 1.29 is 4.74 Å². The molecule has 0 fully saturated rings. The molecule has 7 heteroatoms. The summed E-state index contributed by atoms with van der Waals surface area (Å²) in [4.78, 5) is 12.5. The maximum absolute atomic E-state index is 5.49. The number of hydrogen-bond donors (Lipinski definition) is 3. The van der Waals surface area contributed by atoms with Gasteiger partial charge in [-0.1, -0.05) is 12.1 Å². The van der Waals surface area contributed by atoms with E-state index in [0.717, 1.165) is 16.8 Å². The minimum absolute atomic E-state index is 0.0356. The van der Waals surface area contributed by atoms with E-state index in [4.69, 9.17) is 10.6 Å². The number of hydrazine groups is 1. The van der Waals surface area contributed by atoms with Crippen molar-refractivity contribution in [2.24, 2.45) is 5.84 Å². The molecule has 0 aliphatic heterocycles. The van der Waals surface area contributed by atoms with Crippen LogP contribution in [0.5, 0.6) is 6.01 Å². The van der Waals surface area contributed by atoms with Crippen LogP contribution in [0.4, 0.5) is 17.6 Å². The number of rotatable bonds is 5. The fourth-order valence-electron chi connectivity index (χ4n) is 1.73. The molecule has 21 heavy (non-hydrogen) atoms. The van der Waals surface area contributed by atoms with Crippen LogP contribution >= 0.6 is 0 Å². The summed E-state index contributed by atoms with van der Waals surface area (Å²) in [5.74, 6) is 6.00. The maximum atomic E-state index is 5.49. The zero-order chi connectivity index (χ0) is 15.4. The van der Waals surface area contributed by atoms with Crippen molar-refractivity contribution in [2.75, 3.05) is 10.7 Å². The SMILES string of the molecule is Cc1ccc(C)c(Nc2nc(NN)nc(OC(C)C)n2)c1. The monoisotopic (exact) mass is 288 g/mol. The second-order valence-electron chi connectivity index (χ2n) is 5.02. The number of ether oxygens (including phenoxy) is 1. The molecular formula is C14H20N6O. The summed E-state index contributed by atoms with van der Waals surface area (Å²) in [5, 5.41) is 3.16. The smallest absolute Gasteiger partial charge is 0.323 e. The third-order valence-corrected chi connectivity index (χ3v) is 2.72. The molecule has 0 spiro atoms. The van der Waals surface area contributed by atoms with Gasteiger partial charge in [0, 0.05) is 5.69 Å². The molecular weight excluding hydrogens is 268 g/mol. The molecule has 112 valence electrons. The molecule has 0 aliphatic rings. The minimum Gasteiger partial charge on any atom is -0.461 e. The summed E-state index contributed by atoms with van der Waals surface area (Å²) in [6.45, 7) is 7.84. The predicted octanol–water partition coefficient (Wildman–Crippen LogP) is 2.30. The number of aryl methyl sites for hydroxylation is 2. The van der Waals surface area contributed by atoms with E-state index in [1.807, 2.05) is 45.9 Å². The van der Waals surface area contributed by atoms with Crippen molar-refractivity contribution in [3.8, 4) is 6.01 Å². The van der Waals surface area contributed by atoms with Gasteiger partial charge in [-0.25, -0.2) is 5.84 Å². The summed E-state index contributed by atoms with van der Waals surface area (Å²) in [6, 6.07) is 6.33. The molecule has 4 N–H and O–H groups in total. The molecule has 0 radical (unpaired) electrons. The van der Waals surface area contributed by atoms with Crippen LogP contribution in [0.2, 0.25) is 0 Å². The molecule has 0 saturated carbocycles. The Morgan fingerprint density at radius 1 is 1.10 bits per heavy atom. The Balaban J connectivity index is 2.32. The molecule has 0 aliphatic carbocycles. The Morgan fingerprint density at radius 2 is 1.81 bits per heavy atom. The summed E-state index contributed by atoms with van der Waals surface area (Å²) in [7, 11) is 0. The second-order valence-corrected chi connectivity index (χ2v) is 5.02. The van der Waals surface area contributed by atoms with Crippen molar-refractivity contribution in [2.45, 2.75) is 33.8 Å². The van der Waals surface area contributed by atoms with Crippen LogP contribution in [0.25, 0.3) is 0 Å². The van der Waals surface area contributed by atoms with E-state index in [0.29, 0.717) is 5.95 Å². The van der Waals surface area contributed by atoms with Crippen molar-refractivity contribution in [3.63, 3.8) is 0 Å². The van der Waals surface area contributed by atoms with Crippen molar-refractivity contribution in [1.29, 1.82) is 0 Å². The number of anilines is 3. The van der Waals surface area contributed by atoms with Gasteiger partial charge in [-0.3, -0.25) is 5.43 Å². The van der Waals surface area contributed by atoms with E-state index in [2.05, 4.69) is 25.7 Å². The zero-order valence-electron chi connectivity index (χ0n) is 12.6. The zero-order valence-corrected chi connectivity index (χ0v) is 12.6. The summed E-state index contributed by atoms with van der Waals surface area (Å²) < 4.78 is 5.49. The predicted molar refractivity (Wildman–Crippen MR) is 82.6 cm³/mol. The molecule has 0 atom stereocenters. The second kappa shape index (κ2) is 6.36. The molecule has 1 aromatic carbocycles. The lowest BCUT2D eigenvalue weighted by Gasteiger charge is -2.12. The van der Waals surface area contributed by atoms with Crippen LogP contribution in [0.15, 0.2) is 18.2 Å². The van der Waals surface area contributed by atoms with E-state index in [-0.39, 0.29) is 18.1 Å². The van der Waals surface area contributed by atoms with Gasteiger partial charge in [-0.15, -0.1) is 0 Å². The summed E-state index contributed by atoms with van der Waals surface area (Å²) in [5.41, 5.74) is 5.58. The van der Waals surface area contributed by atoms with E-state index in [9.17, 15) is 0 Å². The lowest BCUT2D eigenvalue weighted by atomic mass is 10.1. The number of nitrogen functional groups attached to an aromatic ring is 1. The van der Waals surface area contributed by atoms with Crippen LogP contribution in [0.1, 0.15) is 25.0 Å². The highest BCUT2D eigenvalue weighted by Gasteiger charge is 2.09. The minimum atomic E-state index is -0.0356. The van der Waals surface area contributed by atoms with Gasteiger partial charge in [-0.05, 0) is 44.9 Å². The fraction of sp³-hybridized carbons (Fsp3) is 0.357. The molecule has 7 nitrogen and oxygen atoms in total. The Bertz CT molecular complexity index is 629. The molecule has 0 bridgehead atoms. The standard InChI is InChI=1S/C14H20N6O/c1-8(2)21-14-18-12(17-13(19-14)20-15)16-11-7-9(3)5-6-10(11)4/h5-8H,15H2,1-4H3,(H2,16,17,18,19,20). The molecule has 1 aromatic heterocycles. The quantitative estimate of drug-likeness (QED) is 0.573. The highest BCUT2D eigenvalue weighted by atomic mass is 16.5. The first-order valence-corrected chi connectivity index (χ1v) is 6.71. The van der Waals surface area contributed by atoms with Crippen molar-refractivity contribution in [1.82, 2.24) is 15.0 Å². The molecule has 0 unspecified atom stereocenters. The van der Waals surface area contributed by atoms with Gasteiger partial charge in [0.2, 0.25) is 11.9 Å². The Kier molecular flexibility index (Phi) is 4.54. The van der Waals surface area contributed by atoms with Crippen LogP contribution in [-0.2, 0) is 0 Å². The van der Waals surface area contributed by atoms with Gasteiger partial charge in [0.05, 0.1) is 6.10 Å². The largest absolute Gasteiger partial charge is 0.461 e. The highest BCUT2D eigenvalue weighted by molar-refractivity contribution is 5.60. The average molecular weight is 288 g/mol.